The van der Waals surface area contributed by atoms with Crippen molar-refractivity contribution in [1.82, 2.24) is 15.3 Å². The van der Waals surface area contributed by atoms with E-state index in [-0.39, 0.29) is 18.0 Å². The summed E-state index contributed by atoms with van der Waals surface area (Å²) < 4.78 is 5.45. The van der Waals surface area contributed by atoms with E-state index in [1.165, 1.54) is 0 Å². The van der Waals surface area contributed by atoms with Gasteiger partial charge in [-0.05, 0) is 20.8 Å². The Balaban J connectivity index is 2.18. The fourth-order valence-electron chi connectivity index (χ4n) is 2.24. The number of nitrogens with zero attached hydrogens (tertiary/aromatic N) is 3. The van der Waals surface area contributed by atoms with Crippen LogP contribution in [0.3, 0.4) is 0 Å². The van der Waals surface area contributed by atoms with Crippen LogP contribution in [0.5, 0.6) is 0 Å². The molecule has 116 valence electrons. The van der Waals surface area contributed by atoms with Crippen molar-refractivity contribution in [3.8, 4) is 0 Å². The third kappa shape index (κ3) is 4.04. The van der Waals surface area contributed by atoms with E-state index in [2.05, 4.69) is 20.6 Å². The van der Waals surface area contributed by atoms with E-state index < -0.39 is 0 Å². The van der Waals surface area contributed by atoms with Crippen LogP contribution in [0.25, 0.3) is 0 Å². The minimum absolute atomic E-state index is 0.0413. The Morgan fingerprint density at radius 2 is 2.33 bits per heavy atom. The normalized spacial score (nSPS) is 18.7. The topological polar surface area (TPSA) is 79.4 Å². The van der Waals surface area contributed by atoms with Crippen molar-refractivity contribution >= 4 is 17.5 Å². The van der Waals surface area contributed by atoms with E-state index in [1.54, 1.807) is 12.4 Å². The number of carbonyl (C=O) groups excluding carboxylic acids is 1. The van der Waals surface area contributed by atoms with Crippen LogP contribution in [0.1, 0.15) is 20.8 Å². The lowest BCUT2D eigenvalue weighted by atomic mass is 10.2. The van der Waals surface area contributed by atoms with E-state index in [0.29, 0.717) is 31.4 Å². The van der Waals surface area contributed by atoms with Gasteiger partial charge in [0.1, 0.15) is 17.7 Å². The summed E-state index contributed by atoms with van der Waals surface area (Å²) in [5, 5.41) is 6.06. The van der Waals surface area contributed by atoms with Gasteiger partial charge >= 0.3 is 0 Å². The molecule has 0 bridgehead atoms. The lowest BCUT2D eigenvalue weighted by Crippen LogP contribution is -2.55. The van der Waals surface area contributed by atoms with Crippen LogP contribution < -0.4 is 15.5 Å². The maximum absolute atomic E-state index is 12.3. The maximum atomic E-state index is 12.3. The molecule has 1 saturated heterocycles. The zero-order valence-corrected chi connectivity index (χ0v) is 12.8. The van der Waals surface area contributed by atoms with Gasteiger partial charge in [0.2, 0.25) is 5.91 Å². The summed E-state index contributed by atoms with van der Waals surface area (Å²) in [7, 11) is 0. The number of anilines is 2. The molecule has 1 unspecified atom stereocenters. The molecule has 1 aromatic rings. The predicted molar refractivity (Wildman–Crippen MR) is 81.4 cm³/mol. The van der Waals surface area contributed by atoms with Crippen molar-refractivity contribution in [2.45, 2.75) is 32.9 Å². The molecule has 1 aliphatic rings. The fourth-order valence-corrected chi connectivity index (χ4v) is 2.24. The van der Waals surface area contributed by atoms with Crippen LogP contribution in [0.15, 0.2) is 12.4 Å². The molecule has 21 heavy (non-hydrogen) atoms. The van der Waals surface area contributed by atoms with Gasteiger partial charge in [0.25, 0.3) is 0 Å². The number of amides is 1. The van der Waals surface area contributed by atoms with Gasteiger partial charge in [0.05, 0.1) is 25.6 Å². The summed E-state index contributed by atoms with van der Waals surface area (Å²) in [5.41, 5.74) is 0. The van der Waals surface area contributed by atoms with Gasteiger partial charge in [-0.25, -0.2) is 4.98 Å². The third-order valence-corrected chi connectivity index (χ3v) is 3.14. The molecule has 0 aromatic carbocycles. The summed E-state index contributed by atoms with van der Waals surface area (Å²) in [6.07, 6.45) is 3.36. The van der Waals surface area contributed by atoms with Gasteiger partial charge < -0.3 is 20.3 Å². The number of hydrogen-bond donors (Lipinski definition) is 2. The zero-order chi connectivity index (χ0) is 15.2. The average Bonchev–Trinajstić information content (AvgIpc) is 2.47. The highest BCUT2D eigenvalue weighted by Gasteiger charge is 2.31. The van der Waals surface area contributed by atoms with Crippen LogP contribution in [0, 0.1) is 0 Å². The van der Waals surface area contributed by atoms with Crippen LogP contribution >= 0.6 is 0 Å². The standard InChI is InChI=1S/C14H23N5O2/c1-4-16-12-7-15-8-13(18-12)19-5-6-21-9-11(19)14(20)17-10(2)3/h7-8,10-11H,4-6,9H2,1-3H3,(H,16,18)(H,17,20). The van der Waals surface area contributed by atoms with Gasteiger partial charge in [-0.1, -0.05) is 0 Å². The second kappa shape index (κ2) is 7.21. The van der Waals surface area contributed by atoms with E-state index >= 15 is 0 Å². The van der Waals surface area contributed by atoms with Crippen LogP contribution in [0.2, 0.25) is 0 Å². The van der Waals surface area contributed by atoms with E-state index in [4.69, 9.17) is 4.74 Å². The number of hydrogen-bond acceptors (Lipinski definition) is 6. The first kappa shape index (κ1) is 15.5. The molecule has 0 radical (unpaired) electrons. The summed E-state index contributed by atoms with van der Waals surface area (Å²) in [6.45, 7) is 8.24. The van der Waals surface area contributed by atoms with E-state index in [1.807, 2.05) is 25.7 Å². The van der Waals surface area contributed by atoms with Crippen molar-refractivity contribution in [1.29, 1.82) is 0 Å². The van der Waals surface area contributed by atoms with Crippen molar-refractivity contribution in [2.75, 3.05) is 36.5 Å². The number of rotatable bonds is 5. The lowest BCUT2D eigenvalue weighted by molar-refractivity contribution is -0.125. The number of ether oxygens (including phenoxy) is 1. The van der Waals surface area contributed by atoms with Crippen molar-refractivity contribution in [3.63, 3.8) is 0 Å². The minimum atomic E-state index is -0.368. The molecule has 2 heterocycles. The summed E-state index contributed by atoms with van der Waals surface area (Å²) in [5.74, 6) is 1.37. The van der Waals surface area contributed by atoms with E-state index in [0.717, 1.165) is 6.54 Å². The Morgan fingerprint density at radius 3 is 3.05 bits per heavy atom. The van der Waals surface area contributed by atoms with Crippen LogP contribution in [-0.4, -0.2) is 54.3 Å². The Hall–Kier alpha value is -1.89. The lowest BCUT2D eigenvalue weighted by Gasteiger charge is -2.35. The second-order valence-electron chi connectivity index (χ2n) is 5.24. The molecule has 0 aliphatic carbocycles. The fraction of sp³-hybridized carbons (Fsp3) is 0.643. The first-order valence-corrected chi connectivity index (χ1v) is 7.32. The Morgan fingerprint density at radius 1 is 1.52 bits per heavy atom. The van der Waals surface area contributed by atoms with Crippen molar-refractivity contribution in [2.24, 2.45) is 0 Å². The van der Waals surface area contributed by atoms with Crippen molar-refractivity contribution < 1.29 is 9.53 Å². The van der Waals surface area contributed by atoms with Gasteiger partial charge in [-0.2, -0.15) is 0 Å². The molecule has 1 atom stereocenters. The quantitative estimate of drug-likeness (QED) is 0.829. The molecular weight excluding hydrogens is 270 g/mol. The number of carbonyl (C=O) groups is 1. The van der Waals surface area contributed by atoms with Crippen LogP contribution in [0.4, 0.5) is 11.6 Å². The summed E-state index contributed by atoms with van der Waals surface area (Å²) >= 11 is 0. The first-order chi connectivity index (χ1) is 10.1. The molecule has 1 aromatic heterocycles. The van der Waals surface area contributed by atoms with Gasteiger partial charge in [-0.3, -0.25) is 9.78 Å². The van der Waals surface area contributed by atoms with Crippen LogP contribution in [-0.2, 0) is 9.53 Å². The molecule has 0 saturated carbocycles. The molecule has 1 aliphatic heterocycles. The summed E-state index contributed by atoms with van der Waals surface area (Å²) in [6, 6.07) is -0.271. The Kier molecular flexibility index (Phi) is 5.32. The highest BCUT2D eigenvalue weighted by atomic mass is 16.5. The average molecular weight is 293 g/mol. The largest absolute Gasteiger partial charge is 0.377 e. The van der Waals surface area contributed by atoms with Gasteiger partial charge in [0.15, 0.2) is 0 Å². The first-order valence-electron chi connectivity index (χ1n) is 7.32. The molecule has 2 rings (SSSR count). The second-order valence-corrected chi connectivity index (χ2v) is 5.24. The molecular formula is C14H23N5O2. The number of nitrogens with one attached hydrogen (secondary N) is 2. The smallest absolute Gasteiger partial charge is 0.245 e. The molecule has 0 spiro atoms. The molecule has 1 fully saturated rings. The van der Waals surface area contributed by atoms with Gasteiger partial charge in [-0.15, -0.1) is 0 Å². The van der Waals surface area contributed by atoms with E-state index in [9.17, 15) is 4.79 Å². The number of morpholine rings is 1. The Labute approximate surface area is 125 Å². The molecule has 2 N–H and O–H groups in total. The molecule has 1 amide bonds. The van der Waals surface area contributed by atoms with Gasteiger partial charge in [0, 0.05) is 19.1 Å². The predicted octanol–water partition coefficient (Wildman–Crippen LogP) is 0.638. The highest BCUT2D eigenvalue weighted by Crippen LogP contribution is 2.18. The Bertz CT molecular complexity index is 480. The van der Waals surface area contributed by atoms with Crippen molar-refractivity contribution in [3.05, 3.63) is 12.4 Å². The maximum Gasteiger partial charge on any atom is 0.245 e. The zero-order valence-electron chi connectivity index (χ0n) is 12.8. The SMILES string of the molecule is CCNc1cncc(N2CCOCC2C(=O)NC(C)C)n1. The molecule has 7 heteroatoms. The third-order valence-electron chi connectivity index (χ3n) is 3.14. The molecule has 7 nitrogen and oxygen atoms in total. The minimum Gasteiger partial charge on any atom is -0.377 e. The number of aromatic nitrogens is 2. The monoisotopic (exact) mass is 293 g/mol. The summed E-state index contributed by atoms with van der Waals surface area (Å²) in [4.78, 5) is 23.0. The highest BCUT2D eigenvalue weighted by molar-refractivity contribution is 5.85.